The lowest BCUT2D eigenvalue weighted by Gasteiger charge is -2.12. The van der Waals surface area contributed by atoms with E-state index < -0.39 is 11.7 Å². The van der Waals surface area contributed by atoms with Crippen molar-refractivity contribution in [2.45, 2.75) is 45.2 Å². The van der Waals surface area contributed by atoms with Gasteiger partial charge in [0.1, 0.15) is 0 Å². The summed E-state index contributed by atoms with van der Waals surface area (Å²) in [6, 6.07) is 5.85. The molecule has 0 bridgehead atoms. The van der Waals surface area contributed by atoms with Crippen LogP contribution < -0.4 is 0 Å². The molecule has 0 saturated carbocycles. The van der Waals surface area contributed by atoms with E-state index in [-0.39, 0.29) is 0 Å². The van der Waals surface area contributed by atoms with Crippen molar-refractivity contribution in [3.63, 3.8) is 0 Å². The van der Waals surface area contributed by atoms with E-state index in [0.717, 1.165) is 31.7 Å². The zero-order valence-corrected chi connectivity index (χ0v) is 9.48. The van der Waals surface area contributed by atoms with Crippen LogP contribution in [0.25, 0.3) is 0 Å². The molecular formula is C13H17F3. The van der Waals surface area contributed by atoms with Gasteiger partial charge in [-0.1, -0.05) is 44.4 Å². The summed E-state index contributed by atoms with van der Waals surface area (Å²) in [5, 5.41) is 0. The van der Waals surface area contributed by atoms with E-state index in [1.54, 1.807) is 12.1 Å². The van der Waals surface area contributed by atoms with E-state index in [1.165, 1.54) is 6.07 Å². The van der Waals surface area contributed by atoms with Gasteiger partial charge in [-0.15, -0.1) is 0 Å². The molecule has 0 unspecified atom stereocenters. The van der Waals surface area contributed by atoms with Crippen LogP contribution in [0.3, 0.4) is 0 Å². The maximum absolute atomic E-state index is 12.6. The minimum atomic E-state index is -4.22. The van der Waals surface area contributed by atoms with Gasteiger partial charge in [0.05, 0.1) is 5.56 Å². The lowest BCUT2D eigenvalue weighted by atomic mass is 10.0. The zero-order valence-electron chi connectivity index (χ0n) is 9.48. The fraction of sp³-hybridized carbons (Fsp3) is 0.538. The summed E-state index contributed by atoms with van der Waals surface area (Å²) in [6.45, 7) is 2.09. The van der Waals surface area contributed by atoms with E-state index in [9.17, 15) is 13.2 Å². The number of rotatable bonds is 5. The quantitative estimate of drug-likeness (QED) is 0.635. The van der Waals surface area contributed by atoms with Crippen LogP contribution in [0.15, 0.2) is 24.3 Å². The van der Waals surface area contributed by atoms with Gasteiger partial charge >= 0.3 is 6.18 Å². The Morgan fingerprint density at radius 3 is 2.31 bits per heavy atom. The Balaban J connectivity index is 2.65. The third kappa shape index (κ3) is 3.87. The summed E-state index contributed by atoms with van der Waals surface area (Å²) in [6.07, 6.45) is 0.329. The Labute approximate surface area is 94.5 Å². The molecule has 0 aliphatic rings. The second kappa shape index (κ2) is 5.92. The molecule has 90 valence electrons. The Kier molecular flexibility index (Phi) is 4.84. The molecule has 0 aromatic heterocycles. The van der Waals surface area contributed by atoms with Crippen molar-refractivity contribution in [2.75, 3.05) is 0 Å². The highest BCUT2D eigenvalue weighted by Crippen LogP contribution is 2.32. The molecule has 1 aromatic carbocycles. The zero-order chi connectivity index (χ0) is 12.0. The van der Waals surface area contributed by atoms with Crippen molar-refractivity contribution in [1.29, 1.82) is 0 Å². The molecule has 0 N–H and O–H groups in total. The maximum atomic E-state index is 12.6. The lowest BCUT2D eigenvalue weighted by molar-refractivity contribution is -0.138. The molecule has 0 radical (unpaired) electrons. The van der Waals surface area contributed by atoms with Gasteiger partial charge in [0, 0.05) is 0 Å². The van der Waals surface area contributed by atoms with Crippen molar-refractivity contribution < 1.29 is 13.2 Å². The summed E-state index contributed by atoms with van der Waals surface area (Å²) in [4.78, 5) is 0. The highest BCUT2D eigenvalue weighted by atomic mass is 19.4. The second-order valence-electron chi connectivity index (χ2n) is 3.97. The van der Waals surface area contributed by atoms with Crippen molar-refractivity contribution in [3.8, 4) is 0 Å². The minimum Gasteiger partial charge on any atom is -0.166 e. The number of halogens is 3. The fourth-order valence-corrected chi connectivity index (χ4v) is 1.76. The number of unbranched alkanes of at least 4 members (excludes halogenated alkanes) is 3. The Bertz CT molecular complexity index is 315. The Morgan fingerprint density at radius 2 is 1.69 bits per heavy atom. The molecule has 1 rings (SSSR count). The van der Waals surface area contributed by atoms with E-state index in [2.05, 4.69) is 6.92 Å². The molecule has 0 amide bonds. The van der Waals surface area contributed by atoms with E-state index in [1.807, 2.05) is 0 Å². The van der Waals surface area contributed by atoms with Crippen LogP contribution in [0.4, 0.5) is 13.2 Å². The van der Waals surface area contributed by atoms with Crippen LogP contribution in [0.2, 0.25) is 0 Å². The number of hydrogen-bond acceptors (Lipinski definition) is 0. The van der Waals surface area contributed by atoms with Gasteiger partial charge in [0.15, 0.2) is 0 Å². The third-order valence-corrected chi connectivity index (χ3v) is 2.62. The topological polar surface area (TPSA) is 0 Å². The first-order valence-corrected chi connectivity index (χ1v) is 5.70. The second-order valence-corrected chi connectivity index (χ2v) is 3.97. The molecule has 0 nitrogen and oxygen atoms in total. The molecule has 0 aliphatic heterocycles. The Hall–Kier alpha value is -0.990. The number of alkyl halides is 3. The fourth-order valence-electron chi connectivity index (χ4n) is 1.76. The monoisotopic (exact) mass is 230 g/mol. The summed E-state index contributed by atoms with van der Waals surface area (Å²) in [5.41, 5.74) is -0.0578. The summed E-state index contributed by atoms with van der Waals surface area (Å²) < 4.78 is 37.9. The van der Waals surface area contributed by atoms with Crippen molar-refractivity contribution in [3.05, 3.63) is 35.4 Å². The first-order valence-electron chi connectivity index (χ1n) is 5.70. The smallest absolute Gasteiger partial charge is 0.166 e. The molecule has 16 heavy (non-hydrogen) atoms. The molecule has 0 atom stereocenters. The predicted molar refractivity (Wildman–Crippen MR) is 59.3 cm³/mol. The van der Waals surface area contributed by atoms with Crippen LogP contribution in [0, 0.1) is 0 Å². The van der Waals surface area contributed by atoms with Crippen LogP contribution >= 0.6 is 0 Å². The maximum Gasteiger partial charge on any atom is 0.416 e. The standard InChI is InChI=1S/C13H17F3/c1-2-3-4-5-8-11-9-6-7-10-12(11)13(14,15)16/h6-7,9-10H,2-5,8H2,1H3. The molecule has 0 heterocycles. The average Bonchev–Trinajstić information content (AvgIpc) is 2.24. The minimum absolute atomic E-state index is 0.422. The van der Waals surface area contributed by atoms with E-state index >= 15 is 0 Å². The first kappa shape index (κ1) is 13.1. The predicted octanol–water partition coefficient (Wildman–Crippen LogP) is 4.83. The molecule has 0 aliphatic carbocycles. The van der Waals surface area contributed by atoms with Crippen molar-refractivity contribution in [1.82, 2.24) is 0 Å². The van der Waals surface area contributed by atoms with Crippen LogP contribution in [-0.4, -0.2) is 0 Å². The van der Waals surface area contributed by atoms with Crippen LogP contribution in [0.1, 0.15) is 43.7 Å². The molecular weight excluding hydrogens is 213 g/mol. The normalized spacial score (nSPS) is 11.8. The molecule has 0 saturated heterocycles. The van der Waals surface area contributed by atoms with Gasteiger partial charge < -0.3 is 0 Å². The van der Waals surface area contributed by atoms with Gasteiger partial charge in [-0.05, 0) is 24.5 Å². The molecule has 3 heteroatoms. The van der Waals surface area contributed by atoms with Gasteiger partial charge in [0.2, 0.25) is 0 Å². The summed E-state index contributed by atoms with van der Waals surface area (Å²) in [7, 11) is 0. The van der Waals surface area contributed by atoms with E-state index in [0.29, 0.717) is 12.0 Å². The van der Waals surface area contributed by atoms with E-state index in [4.69, 9.17) is 0 Å². The third-order valence-electron chi connectivity index (χ3n) is 2.62. The van der Waals surface area contributed by atoms with Gasteiger partial charge in [0.25, 0.3) is 0 Å². The van der Waals surface area contributed by atoms with Crippen LogP contribution in [0.5, 0.6) is 0 Å². The largest absolute Gasteiger partial charge is 0.416 e. The summed E-state index contributed by atoms with van der Waals surface area (Å²) in [5.74, 6) is 0. The van der Waals surface area contributed by atoms with Gasteiger partial charge in [-0.25, -0.2) is 0 Å². The number of hydrogen-bond donors (Lipinski definition) is 0. The van der Waals surface area contributed by atoms with Crippen LogP contribution in [-0.2, 0) is 12.6 Å². The van der Waals surface area contributed by atoms with Crippen molar-refractivity contribution >= 4 is 0 Å². The van der Waals surface area contributed by atoms with Crippen molar-refractivity contribution in [2.24, 2.45) is 0 Å². The number of benzene rings is 1. The van der Waals surface area contributed by atoms with Gasteiger partial charge in [-0.3, -0.25) is 0 Å². The SMILES string of the molecule is CCCCCCc1ccccc1C(F)(F)F. The lowest BCUT2D eigenvalue weighted by Crippen LogP contribution is -2.08. The Morgan fingerprint density at radius 1 is 1.00 bits per heavy atom. The first-order chi connectivity index (χ1) is 7.55. The molecule has 0 spiro atoms. The highest BCUT2D eigenvalue weighted by Gasteiger charge is 2.32. The summed E-state index contributed by atoms with van der Waals surface area (Å²) >= 11 is 0. The number of aryl methyl sites for hydroxylation is 1. The molecule has 1 aromatic rings. The molecule has 0 fully saturated rings. The van der Waals surface area contributed by atoms with Gasteiger partial charge in [-0.2, -0.15) is 13.2 Å². The average molecular weight is 230 g/mol. The highest BCUT2D eigenvalue weighted by molar-refractivity contribution is 5.29.